The number of nitrogens with zero attached hydrogens (tertiary/aromatic N) is 1. The maximum absolute atomic E-state index is 13.0. The molecular formula is C20H21F3N2O3. The molecule has 2 rings (SSSR count). The minimum absolute atomic E-state index is 0.224. The summed E-state index contributed by atoms with van der Waals surface area (Å²) in [5.74, 6) is -1.13. The van der Waals surface area contributed by atoms with Gasteiger partial charge in [-0.3, -0.25) is 9.59 Å². The highest BCUT2D eigenvalue weighted by Crippen LogP contribution is 2.34. The average Bonchev–Trinajstić information content (AvgIpc) is 2.66. The topological polar surface area (TPSA) is 58.6 Å². The highest BCUT2D eigenvalue weighted by molar-refractivity contribution is 5.95. The maximum Gasteiger partial charge on any atom is 0.418 e. The van der Waals surface area contributed by atoms with Gasteiger partial charge in [0.25, 0.3) is 0 Å². The fourth-order valence-corrected chi connectivity index (χ4v) is 2.50. The first-order valence-electron chi connectivity index (χ1n) is 8.66. The Morgan fingerprint density at radius 2 is 1.68 bits per heavy atom. The summed E-state index contributed by atoms with van der Waals surface area (Å²) >= 11 is 0. The van der Waals surface area contributed by atoms with Gasteiger partial charge in [-0.2, -0.15) is 13.2 Å². The Morgan fingerprint density at radius 1 is 1.04 bits per heavy atom. The van der Waals surface area contributed by atoms with Gasteiger partial charge < -0.3 is 15.0 Å². The first kappa shape index (κ1) is 21.4. The number of halogens is 3. The summed E-state index contributed by atoms with van der Waals surface area (Å²) in [5, 5.41) is 2.23. The minimum Gasteiger partial charge on any atom is -0.367 e. The van der Waals surface area contributed by atoms with Crippen molar-refractivity contribution in [2.24, 2.45) is 0 Å². The quantitative estimate of drug-likeness (QED) is 0.743. The highest BCUT2D eigenvalue weighted by Gasteiger charge is 2.33. The van der Waals surface area contributed by atoms with Crippen molar-refractivity contribution in [3.63, 3.8) is 0 Å². The smallest absolute Gasteiger partial charge is 0.367 e. The predicted molar refractivity (Wildman–Crippen MR) is 98.4 cm³/mol. The zero-order valence-corrected chi connectivity index (χ0v) is 15.3. The SMILES string of the molecule is CCN(CC(=O)Nc1ccccc1C(F)(F)F)C(=O)COCc1ccccc1. The maximum atomic E-state index is 13.0. The van der Waals surface area contributed by atoms with E-state index in [1.54, 1.807) is 6.92 Å². The molecule has 2 aromatic rings. The molecule has 5 nitrogen and oxygen atoms in total. The molecule has 0 bridgehead atoms. The number of hydrogen-bond acceptors (Lipinski definition) is 3. The monoisotopic (exact) mass is 394 g/mol. The van der Waals surface area contributed by atoms with E-state index in [0.29, 0.717) is 0 Å². The Morgan fingerprint density at radius 3 is 2.32 bits per heavy atom. The molecule has 0 spiro atoms. The number of carbonyl (C=O) groups excluding carboxylic acids is 2. The number of rotatable bonds is 8. The molecule has 0 aliphatic rings. The summed E-state index contributed by atoms with van der Waals surface area (Å²) in [7, 11) is 0. The number of nitrogens with one attached hydrogen (secondary N) is 1. The fraction of sp³-hybridized carbons (Fsp3) is 0.300. The number of carbonyl (C=O) groups is 2. The average molecular weight is 394 g/mol. The van der Waals surface area contributed by atoms with E-state index < -0.39 is 23.6 Å². The predicted octanol–water partition coefficient (Wildman–Crippen LogP) is 3.71. The lowest BCUT2D eigenvalue weighted by atomic mass is 10.1. The molecule has 2 aromatic carbocycles. The van der Waals surface area contributed by atoms with Crippen LogP contribution < -0.4 is 5.32 Å². The van der Waals surface area contributed by atoms with E-state index in [-0.39, 0.29) is 32.0 Å². The van der Waals surface area contributed by atoms with Gasteiger partial charge >= 0.3 is 6.18 Å². The number of hydrogen-bond donors (Lipinski definition) is 1. The molecule has 0 atom stereocenters. The van der Waals surface area contributed by atoms with Gasteiger partial charge in [-0.1, -0.05) is 42.5 Å². The Labute approximate surface area is 161 Å². The summed E-state index contributed by atoms with van der Waals surface area (Å²) in [6.45, 7) is 1.55. The number of para-hydroxylation sites is 1. The van der Waals surface area contributed by atoms with Gasteiger partial charge in [0, 0.05) is 6.54 Å². The lowest BCUT2D eigenvalue weighted by molar-refractivity contribution is -0.139. The summed E-state index contributed by atoms with van der Waals surface area (Å²) in [6.07, 6.45) is -4.59. The zero-order chi connectivity index (χ0) is 20.6. The van der Waals surface area contributed by atoms with Crippen molar-refractivity contribution >= 4 is 17.5 Å². The van der Waals surface area contributed by atoms with E-state index in [2.05, 4.69) is 5.32 Å². The van der Waals surface area contributed by atoms with Gasteiger partial charge in [0.2, 0.25) is 11.8 Å². The molecule has 2 amide bonds. The van der Waals surface area contributed by atoms with Crippen LogP contribution in [0.2, 0.25) is 0 Å². The molecule has 0 radical (unpaired) electrons. The van der Waals surface area contributed by atoms with Crippen LogP contribution in [0, 0.1) is 0 Å². The second kappa shape index (κ2) is 9.89. The number of ether oxygens (including phenoxy) is 1. The third-order valence-electron chi connectivity index (χ3n) is 3.91. The van der Waals surface area contributed by atoms with Crippen LogP contribution in [0.15, 0.2) is 54.6 Å². The second-order valence-electron chi connectivity index (χ2n) is 5.98. The van der Waals surface area contributed by atoms with E-state index >= 15 is 0 Å². The summed E-state index contributed by atoms with van der Waals surface area (Å²) in [4.78, 5) is 25.6. The zero-order valence-electron chi connectivity index (χ0n) is 15.3. The molecule has 0 fully saturated rings. The van der Waals surface area contributed by atoms with Crippen molar-refractivity contribution < 1.29 is 27.5 Å². The van der Waals surface area contributed by atoms with Crippen molar-refractivity contribution in [2.45, 2.75) is 19.7 Å². The number of alkyl halides is 3. The largest absolute Gasteiger partial charge is 0.418 e. The van der Waals surface area contributed by atoms with E-state index in [4.69, 9.17) is 4.74 Å². The lowest BCUT2D eigenvalue weighted by Crippen LogP contribution is -2.40. The normalized spacial score (nSPS) is 11.1. The van der Waals surface area contributed by atoms with E-state index in [9.17, 15) is 22.8 Å². The molecule has 0 aliphatic carbocycles. The van der Waals surface area contributed by atoms with Gasteiger partial charge in [0.05, 0.1) is 24.4 Å². The van der Waals surface area contributed by atoms with Gasteiger partial charge in [-0.05, 0) is 24.6 Å². The first-order valence-corrected chi connectivity index (χ1v) is 8.66. The van der Waals surface area contributed by atoms with Crippen LogP contribution in [0.3, 0.4) is 0 Å². The van der Waals surface area contributed by atoms with Crippen molar-refractivity contribution in [1.29, 1.82) is 0 Å². The Balaban J connectivity index is 1.89. The number of anilines is 1. The third kappa shape index (κ3) is 6.38. The molecule has 0 saturated heterocycles. The lowest BCUT2D eigenvalue weighted by Gasteiger charge is -2.21. The second-order valence-corrected chi connectivity index (χ2v) is 5.98. The number of amides is 2. The molecule has 28 heavy (non-hydrogen) atoms. The molecular weight excluding hydrogens is 373 g/mol. The Kier molecular flexibility index (Phi) is 7.57. The first-order chi connectivity index (χ1) is 13.3. The van der Waals surface area contributed by atoms with Gasteiger partial charge in [-0.15, -0.1) is 0 Å². The van der Waals surface area contributed by atoms with Crippen LogP contribution in [0.1, 0.15) is 18.1 Å². The van der Waals surface area contributed by atoms with Crippen LogP contribution in [0.25, 0.3) is 0 Å². The van der Waals surface area contributed by atoms with Crippen LogP contribution in [-0.4, -0.2) is 36.4 Å². The molecule has 150 valence electrons. The molecule has 0 heterocycles. The molecule has 8 heteroatoms. The molecule has 0 aliphatic heterocycles. The van der Waals surface area contributed by atoms with Crippen LogP contribution in [-0.2, 0) is 27.1 Å². The third-order valence-corrected chi connectivity index (χ3v) is 3.91. The minimum atomic E-state index is -4.59. The van der Waals surface area contributed by atoms with E-state index in [1.165, 1.54) is 23.1 Å². The number of benzene rings is 2. The van der Waals surface area contributed by atoms with Crippen molar-refractivity contribution in [3.8, 4) is 0 Å². The summed E-state index contributed by atoms with van der Waals surface area (Å²) < 4.78 is 44.4. The Bertz CT molecular complexity index is 795. The van der Waals surface area contributed by atoms with Crippen molar-refractivity contribution in [1.82, 2.24) is 4.90 Å². The Hall–Kier alpha value is -2.87. The molecule has 0 unspecified atom stereocenters. The summed E-state index contributed by atoms with van der Waals surface area (Å²) in [6, 6.07) is 14.0. The molecule has 0 saturated carbocycles. The van der Waals surface area contributed by atoms with E-state index in [1.807, 2.05) is 30.3 Å². The van der Waals surface area contributed by atoms with Crippen molar-refractivity contribution in [2.75, 3.05) is 25.0 Å². The van der Waals surface area contributed by atoms with Gasteiger partial charge in [0.15, 0.2) is 0 Å². The van der Waals surface area contributed by atoms with Crippen LogP contribution >= 0.6 is 0 Å². The number of likely N-dealkylation sites (N-methyl/N-ethyl adjacent to an activating group) is 1. The van der Waals surface area contributed by atoms with Crippen LogP contribution in [0.4, 0.5) is 18.9 Å². The highest BCUT2D eigenvalue weighted by atomic mass is 19.4. The summed E-state index contributed by atoms with van der Waals surface area (Å²) in [5.41, 5.74) is -0.382. The molecule has 1 N–H and O–H groups in total. The van der Waals surface area contributed by atoms with Crippen molar-refractivity contribution in [3.05, 3.63) is 65.7 Å². The van der Waals surface area contributed by atoms with Crippen LogP contribution in [0.5, 0.6) is 0 Å². The van der Waals surface area contributed by atoms with Gasteiger partial charge in [-0.25, -0.2) is 0 Å². The fourth-order valence-electron chi connectivity index (χ4n) is 2.50. The molecule has 0 aromatic heterocycles. The standard InChI is InChI=1S/C20H21F3N2O3/c1-2-25(19(27)14-28-13-15-8-4-3-5-9-15)12-18(26)24-17-11-7-6-10-16(17)20(21,22)23/h3-11H,2,12-14H2,1H3,(H,24,26). The van der Waals surface area contributed by atoms with Gasteiger partial charge in [0.1, 0.15) is 6.61 Å². The van der Waals surface area contributed by atoms with E-state index in [0.717, 1.165) is 11.6 Å².